The summed E-state index contributed by atoms with van der Waals surface area (Å²) < 4.78 is 29.0. The second kappa shape index (κ2) is 12.8. The van der Waals surface area contributed by atoms with Gasteiger partial charge in [0.15, 0.2) is 17.3 Å². The maximum atomic E-state index is 13.9. The molecule has 2 saturated heterocycles. The first kappa shape index (κ1) is 33.6. The monoisotopic (exact) mass is 678 g/mol. The molecule has 5 aliphatic rings. The number of carbonyl (C=O) groups excluding carboxylic acids is 4. The Bertz CT molecular complexity index is 1710. The van der Waals surface area contributed by atoms with Crippen LogP contribution in [0.3, 0.4) is 0 Å². The highest BCUT2D eigenvalue weighted by molar-refractivity contribution is 6.30. The lowest BCUT2D eigenvalue weighted by atomic mass is 9.72. The van der Waals surface area contributed by atoms with Gasteiger partial charge in [-0.2, -0.15) is 0 Å². The maximum absolute atomic E-state index is 13.9. The van der Waals surface area contributed by atoms with Crippen LogP contribution in [-0.2, 0) is 30.2 Å². The third kappa shape index (κ3) is 5.61. The van der Waals surface area contributed by atoms with Gasteiger partial charge in [-0.05, 0) is 43.4 Å². The SMILES string of the molecule is COCCOC(=O)N1CCN2C(C1)OC1C2C[C@H](O[C@H]2C[C@](O)(C(C)=O)Cc3c2cc2c(c3O)C(=O)c3cccc(OC)c3C2=O)C[C@H]1C. The number of benzene rings is 2. The zero-order chi connectivity index (χ0) is 34.8. The van der Waals surface area contributed by atoms with E-state index < -0.39 is 40.9 Å². The minimum absolute atomic E-state index is 0.0141. The molecule has 3 aliphatic carbocycles. The standard InChI is InChI=1S/C36H42N2O11/c1-18-12-20(13-25-34(18)49-28-17-37(8-9-38(25)28)35(43)47-11-10-45-3)48-27-16-36(44,19(2)39)15-24-22(27)14-23-30(33(24)42)31(40)21-6-5-7-26(46-4)29(21)32(23)41/h5-7,14,18,20,25,27-28,34,42,44H,8-13,15-17H2,1-4H3/t18-,20-,25?,27+,28?,34?,36+/m1/s1. The highest BCUT2D eigenvalue weighted by Gasteiger charge is 2.52. The van der Waals surface area contributed by atoms with Gasteiger partial charge >= 0.3 is 6.09 Å². The van der Waals surface area contributed by atoms with Crippen LogP contribution in [-0.4, -0.2) is 121 Å². The molecule has 0 bridgehead atoms. The summed E-state index contributed by atoms with van der Waals surface area (Å²) in [4.78, 5) is 57.0. The number of aliphatic hydroxyl groups is 1. The number of aromatic hydroxyl groups is 1. The van der Waals surface area contributed by atoms with Crippen molar-refractivity contribution in [3.05, 3.63) is 57.6 Å². The van der Waals surface area contributed by atoms with Gasteiger partial charge in [-0.15, -0.1) is 0 Å². The second-order valence-electron chi connectivity index (χ2n) is 13.8. The van der Waals surface area contributed by atoms with E-state index in [1.807, 2.05) is 0 Å². The number of carbonyl (C=O) groups is 4. The molecule has 13 heteroatoms. The number of methoxy groups -OCH3 is 2. The van der Waals surface area contributed by atoms with Crippen LogP contribution >= 0.6 is 0 Å². The van der Waals surface area contributed by atoms with Crippen molar-refractivity contribution in [3.63, 3.8) is 0 Å². The van der Waals surface area contributed by atoms with Crippen molar-refractivity contribution in [1.82, 2.24) is 9.80 Å². The highest BCUT2D eigenvalue weighted by Crippen LogP contribution is 2.49. The lowest BCUT2D eigenvalue weighted by Gasteiger charge is -2.43. The average molecular weight is 679 g/mol. The van der Waals surface area contributed by atoms with Gasteiger partial charge < -0.3 is 38.8 Å². The van der Waals surface area contributed by atoms with E-state index in [1.165, 1.54) is 20.1 Å². The fourth-order valence-corrected chi connectivity index (χ4v) is 8.41. The number of ketones is 3. The number of nitrogens with zero attached hydrogens (tertiary/aromatic N) is 2. The molecule has 1 amide bonds. The van der Waals surface area contributed by atoms with Crippen molar-refractivity contribution in [2.24, 2.45) is 5.92 Å². The second-order valence-corrected chi connectivity index (χ2v) is 13.8. The van der Waals surface area contributed by atoms with Crippen LogP contribution in [0.1, 0.15) is 82.2 Å². The van der Waals surface area contributed by atoms with Crippen molar-refractivity contribution in [1.29, 1.82) is 0 Å². The number of amides is 1. The van der Waals surface area contributed by atoms with Crippen LogP contribution in [0.2, 0.25) is 0 Å². The maximum Gasteiger partial charge on any atom is 0.410 e. The van der Waals surface area contributed by atoms with Crippen LogP contribution in [0, 0.1) is 5.92 Å². The Morgan fingerprint density at radius 2 is 1.84 bits per heavy atom. The summed E-state index contributed by atoms with van der Waals surface area (Å²) >= 11 is 0. The normalized spacial score (nSPS) is 30.5. The highest BCUT2D eigenvalue weighted by atomic mass is 16.6. The molecule has 2 aromatic carbocycles. The summed E-state index contributed by atoms with van der Waals surface area (Å²) in [5.41, 5.74) is -1.03. The molecule has 2 heterocycles. The molecule has 49 heavy (non-hydrogen) atoms. The van der Waals surface area contributed by atoms with Gasteiger partial charge in [-0.25, -0.2) is 4.79 Å². The molecule has 13 nitrogen and oxygen atoms in total. The third-order valence-electron chi connectivity index (χ3n) is 10.9. The molecule has 0 spiro atoms. The van der Waals surface area contributed by atoms with E-state index in [1.54, 1.807) is 30.2 Å². The first-order chi connectivity index (χ1) is 23.4. The van der Waals surface area contributed by atoms with Crippen LogP contribution in [0.5, 0.6) is 11.5 Å². The Hall–Kier alpha value is -3.88. The predicted octanol–water partition coefficient (Wildman–Crippen LogP) is 2.79. The molecule has 2 aromatic rings. The van der Waals surface area contributed by atoms with Crippen molar-refractivity contribution in [3.8, 4) is 11.5 Å². The Labute approximate surface area is 284 Å². The first-order valence-electron chi connectivity index (χ1n) is 16.8. The molecule has 3 fully saturated rings. The number of phenolic OH excluding ortho intramolecular Hbond substituents is 1. The number of phenols is 1. The van der Waals surface area contributed by atoms with Gasteiger partial charge in [0, 0.05) is 55.8 Å². The zero-order valence-corrected chi connectivity index (χ0v) is 28.1. The topological polar surface area (TPSA) is 161 Å². The van der Waals surface area contributed by atoms with Crippen molar-refractivity contribution < 1.29 is 53.1 Å². The van der Waals surface area contributed by atoms with Gasteiger partial charge in [0.25, 0.3) is 0 Å². The fourth-order valence-electron chi connectivity index (χ4n) is 8.41. The quantitative estimate of drug-likeness (QED) is 0.352. The minimum Gasteiger partial charge on any atom is -0.507 e. The van der Waals surface area contributed by atoms with E-state index in [0.29, 0.717) is 44.6 Å². The van der Waals surface area contributed by atoms with Crippen LogP contribution in [0.4, 0.5) is 4.79 Å². The lowest BCUT2D eigenvalue weighted by Crippen LogP contribution is -2.56. The van der Waals surface area contributed by atoms with Gasteiger partial charge in [0.1, 0.15) is 29.9 Å². The number of hydrogen-bond donors (Lipinski definition) is 2. The first-order valence-corrected chi connectivity index (χ1v) is 16.8. The van der Waals surface area contributed by atoms with Gasteiger partial charge in [0.2, 0.25) is 0 Å². The molecule has 3 unspecified atom stereocenters. The summed E-state index contributed by atoms with van der Waals surface area (Å²) in [5.74, 6) is -1.56. The van der Waals surface area contributed by atoms with Gasteiger partial charge in [-0.3, -0.25) is 19.3 Å². The molecule has 7 rings (SSSR count). The molecular formula is C36H42N2O11. The Morgan fingerprint density at radius 3 is 2.57 bits per heavy atom. The summed E-state index contributed by atoms with van der Waals surface area (Å²) in [7, 11) is 2.97. The van der Waals surface area contributed by atoms with Gasteiger partial charge in [0.05, 0.1) is 49.7 Å². The van der Waals surface area contributed by atoms with Crippen LogP contribution < -0.4 is 4.74 Å². The van der Waals surface area contributed by atoms with Crippen molar-refractivity contribution >= 4 is 23.4 Å². The van der Waals surface area contributed by atoms with Crippen LogP contribution in [0.15, 0.2) is 24.3 Å². The van der Waals surface area contributed by atoms with Crippen LogP contribution in [0.25, 0.3) is 0 Å². The number of piperazine rings is 1. The van der Waals surface area contributed by atoms with Gasteiger partial charge in [-0.1, -0.05) is 19.1 Å². The van der Waals surface area contributed by atoms with E-state index >= 15 is 0 Å². The fraction of sp³-hybridized carbons (Fsp3) is 0.556. The van der Waals surface area contributed by atoms with E-state index in [0.717, 1.165) is 0 Å². The predicted molar refractivity (Wildman–Crippen MR) is 172 cm³/mol. The largest absolute Gasteiger partial charge is 0.507 e. The molecule has 0 aromatic heterocycles. The zero-order valence-electron chi connectivity index (χ0n) is 28.1. The molecular weight excluding hydrogens is 636 g/mol. The van der Waals surface area contributed by atoms with Crippen molar-refractivity contribution in [2.45, 2.75) is 75.7 Å². The Kier molecular flexibility index (Phi) is 8.77. The van der Waals surface area contributed by atoms with E-state index in [2.05, 4.69) is 11.8 Å². The number of hydrogen-bond acceptors (Lipinski definition) is 12. The molecule has 7 atom stereocenters. The number of ether oxygens (including phenoxy) is 5. The summed E-state index contributed by atoms with van der Waals surface area (Å²) in [6, 6.07) is 6.32. The Balaban J connectivity index is 1.16. The number of Topliss-reactive ketones (excluding diaryl/α,β-unsaturated/α-hetero) is 1. The summed E-state index contributed by atoms with van der Waals surface area (Å²) in [5, 5.41) is 23.2. The van der Waals surface area contributed by atoms with E-state index in [9.17, 15) is 29.4 Å². The molecule has 0 radical (unpaired) electrons. The average Bonchev–Trinajstić information content (AvgIpc) is 3.45. The van der Waals surface area contributed by atoms with Crippen molar-refractivity contribution in [2.75, 3.05) is 47.1 Å². The molecule has 2 aliphatic heterocycles. The summed E-state index contributed by atoms with van der Waals surface area (Å²) in [6.07, 6.45) is -0.964. The lowest BCUT2D eigenvalue weighted by molar-refractivity contribution is -0.146. The Morgan fingerprint density at radius 1 is 1.06 bits per heavy atom. The molecule has 262 valence electrons. The molecule has 2 N–H and O–H groups in total. The minimum atomic E-state index is -1.84. The molecule has 1 saturated carbocycles. The smallest absolute Gasteiger partial charge is 0.410 e. The van der Waals surface area contributed by atoms with E-state index in [-0.39, 0.29) is 83.4 Å². The summed E-state index contributed by atoms with van der Waals surface area (Å²) in [6.45, 7) is 5.36. The number of rotatable bonds is 7. The third-order valence-corrected chi connectivity index (χ3v) is 10.9. The number of fused-ring (bicyclic) bond motifs is 6. The van der Waals surface area contributed by atoms with E-state index in [4.69, 9.17) is 23.7 Å².